The number of ether oxygens (including phenoxy) is 3. The molecule has 2 heterocycles. The Kier molecular flexibility index (Phi) is 8.13. The van der Waals surface area contributed by atoms with E-state index in [1.807, 2.05) is 12.1 Å². The number of methoxy groups -OCH3 is 2. The minimum atomic E-state index is -3.60. The van der Waals surface area contributed by atoms with Crippen LogP contribution in [0.4, 0.5) is 5.69 Å². The van der Waals surface area contributed by atoms with Crippen LogP contribution < -0.4 is 14.2 Å². The van der Waals surface area contributed by atoms with E-state index in [4.69, 9.17) is 14.2 Å². The van der Waals surface area contributed by atoms with Gasteiger partial charge in [0, 0.05) is 37.3 Å². The first-order chi connectivity index (χ1) is 19.7. The molecule has 3 aromatic carbocycles. The first-order valence-corrected chi connectivity index (χ1v) is 14.7. The topological polar surface area (TPSA) is 129 Å². The summed E-state index contributed by atoms with van der Waals surface area (Å²) in [6.45, 7) is 1.47. The third-order valence-corrected chi connectivity index (χ3v) is 9.44. The summed E-state index contributed by atoms with van der Waals surface area (Å²) in [6.07, 6.45) is 2.25. The van der Waals surface area contributed by atoms with E-state index < -0.39 is 21.0 Å². The Labute approximate surface area is 238 Å². The van der Waals surface area contributed by atoms with Gasteiger partial charge in [0.15, 0.2) is 11.5 Å². The lowest BCUT2D eigenvalue weighted by atomic mass is 9.91. The minimum absolute atomic E-state index is 0.0517. The molecule has 1 unspecified atom stereocenters. The highest BCUT2D eigenvalue weighted by atomic mass is 32.2. The molecule has 0 radical (unpaired) electrons. The van der Waals surface area contributed by atoms with Crippen LogP contribution in [0.25, 0.3) is 0 Å². The number of carbonyl (C=O) groups excluding carboxylic acids is 1. The van der Waals surface area contributed by atoms with Crippen LogP contribution in [0, 0.1) is 10.1 Å². The number of fused-ring (bicyclic) bond motifs is 1. The molecule has 3 aromatic rings. The minimum Gasteiger partial charge on any atom is -0.493 e. The predicted molar refractivity (Wildman–Crippen MR) is 150 cm³/mol. The van der Waals surface area contributed by atoms with Gasteiger partial charge in [-0.25, -0.2) is 8.42 Å². The van der Waals surface area contributed by atoms with Gasteiger partial charge in [-0.15, -0.1) is 0 Å². The average molecular weight is 582 g/mol. The van der Waals surface area contributed by atoms with Crippen molar-refractivity contribution in [2.75, 3.05) is 40.5 Å². The van der Waals surface area contributed by atoms with Gasteiger partial charge in [0.2, 0.25) is 10.0 Å². The van der Waals surface area contributed by atoms with Crippen molar-refractivity contribution in [3.05, 3.63) is 87.5 Å². The van der Waals surface area contributed by atoms with Gasteiger partial charge in [-0.1, -0.05) is 0 Å². The number of hydrogen-bond acceptors (Lipinski definition) is 8. The molecule has 41 heavy (non-hydrogen) atoms. The maximum atomic E-state index is 13.8. The van der Waals surface area contributed by atoms with Gasteiger partial charge in [-0.3, -0.25) is 14.9 Å². The van der Waals surface area contributed by atoms with E-state index in [1.54, 1.807) is 24.1 Å². The number of sulfonamides is 1. The normalized spacial score (nSPS) is 17.1. The molecule has 2 aliphatic rings. The van der Waals surface area contributed by atoms with E-state index in [0.717, 1.165) is 24.0 Å². The van der Waals surface area contributed by atoms with Crippen molar-refractivity contribution >= 4 is 21.6 Å². The zero-order valence-electron chi connectivity index (χ0n) is 22.8. The number of nitrogens with zero attached hydrogens (tertiary/aromatic N) is 3. The second kappa shape index (κ2) is 11.8. The molecule has 0 aliphatic carbocycles. The molecule has 1 amide bonds. The summed E-state index contributed by atoms with van der Waals surface area (Å²) in [5.41, 5.74) is 2.12. The quantitative estimate of drug-likeness (QED) is 0.272. The molecular formula is C29H31N3O8S. The summed E-state index contributed by atoms with van der Waals surface area (Å²) in [5, 5.41) is 11.0. The molecule has 0 saturated carbocycles. The lowest BCUT2D eigenvalue weighted by Crippen LogP contribution is -2.42. The first-order valence-electron chi connectivity index (χ1n) is 13.3. The van der Waals surface area contributed by atoms with Crippen LogP contribution in [0.3, 0.4) is 0 Å². The van der Waals surface area contributed by atoms with Crippen LogP contribution in [0.1, 0.15) is 40.4 Å². The molecule has 216 valence electrons. The number of amides is 1. The molecule has 11 nitrogen and oxygen atoms in total. The van der Waals surface area contributed by atoms with Crippen LogP contribution in [0.5, 0.6) is 17.2 Å². The van der Waals surface area contributed by atoms with E-state index in [2.05, 4.69) is 0 Å². The van der Waals surface area contributed by atoms with Crippen molar-refractivity contribution in [3.63, 3.8) is 0 Å². The van der Waals surface area contributed by atoms with Crippen molar-refractivity contribution < 1.29 is 32.3 Å². The summed E-state index contributed by atoms with van der Waals surface area (Å²) in [6, 6.07) is 15.0. The van der Waals surface area contributed by atoms with Gasteiger partial charge < -0.3 is 19.1 Å². The fraction of sp³-hybridized carbons (Fsp3) is 0.345. The molecule has 0 N–H and O–H groups in total. The molecule has 1 saturated heterocycles. The first kappa shape index (κ1) is 28.4. The largest absolute Gasteiger partial charge is 0.493 e. The predicted octanol–water partition coefficient (Wildman–Crippen LogP) is 4.22. The lowest BCUT2D eigenvalue weighted by Gasteiger charge is -2.37. The molecule has 1 atom stereocenters. The number of non-ortho nitro benzene ring substituents is 1. The number of nitro benzene ring substituents is 1. The highest BCUT2D eigenvalue weighted by Crippen LogP contribution is 2.39. The third-order valence-electron chi connectivity index (χ3n) is 7.52. The highest BCUT2D eigenvalue weighted by molar-refractivity contribution is 7.89. The summed E-state index contributed by atoms with van der Waals surface area (Å²) < 4.78 is 44.4. The Bertz CT molecular complexity index is 1540. The van der Waals surface area contributed by atoms with Gasteiger partial charge in [-0.2, -0.15) is 4.31 Å². The Morgan fingerprint density at radius 1 is 0.951 bits per heavy atom. The average Bonchev–Trinajstić information content (AvgIpc) is 3.55. The van der Waals surface area contributed by atoms with Crippen LogP contribution in [0.15, 0.2) is 65.6 Å². The molecular weight excluding hydrogens is 550 g/mol. The van der Waals surface area contributed by atoms with E-state index in [1.165, 1.54) is 47.8 Å². The van der Waals surface area contributed by atoms with E-state index in [9.17, 15) is 23.3 Å². The number of carbonyl (C=O) groups is 1. The summed E-state index contributed by atoms with van der Waals surface area (Å²) in [5.74, 6) is 1.24. The van der Waals surface area contributed by atoms with Crippen molar-refractivity contribution in [2.45, 2.75) is 30.2 Å². The van der Waals surface area contributed by atoms with Crippen LogP contribution in [-0.4, -0.2) is 68.9 Å². The van der Waals surface area contributed by atoms with Gasteiger partial charge in [0.1, 0.15) is 12.4 Å². The maximum Gasteiger partial charge on any atom is 0.269 e. The number of benzene rings is 3. The third kappa shape index (κ3) is 5.70. The van der Waals surface area contributed by atoms with Crippen molar-refractivity contribution in [2.24, 2.45) is 0 Å². The summed E-state index contributed by atoms with van der Waals surface area (Å²) >= 11 is 0. The molecule has 5 rings (SSSR count). The van der Waals surface area contributed by atoms with E-state index >= 15 is 0 Å². The Morgan fingerprint density at radius 3 is 2.20 bits per heavy atom. The molecule has 0 bridgehead atoms. The number of nitro groups is 1. The standard InChI is InChI=1S/C29H31N3O8S/c1-38-27-17-21-13-16-31(29(33)20-5-11-24(12-6-20)41(36,37)30-14-3-4-15-30)26(25(21)18-28(27)39-2)19-40-23-9-7-22(8-10-23)32(34)35/h5-12,17-18,26H,3-4,13-16,19H2,1-2H3. The monoisotopic (exact) mass is 581 g/mol. The highest BCUT2D eigenvalue weighted by Gasteiger charge is 2.34. The van der Waals surface area contributed by atoms with Gasteiger partial charge in [-0.05, 0) is 78.9 Å². The molecule has 2 aliphatic heterocycles. The number of rotatable bonds is 9. The lowest BCUT2D eigenvalue weighted by molar-refractivity contribution is -0.384. The smallest absolute Gasteiger partial charge is 0.269 e. The second-order valence-corrected chi connectivity index (χ2v) is 11.8. The van der Waals surface area contributed by atoms with E-state index in [-0.39, 0.29) is 23.1 Å². The molecule has 0 aromatic heterocycles. The van der Waals surface area contributed by atoms with Crippen LogP contribution >= 0.6 is 0 Å². The molecule has 1 fully saturated rings. The van der Waals surface area contributed by atoms with Crippen LogP contribution in [-0.2, 0) is 16.4 Å². The van der Waals surface area contributed by atoms with E-state index in [0.29, 0.717) is 48.9 Å². The van der Waals surface area contributed by atoms with Crippen molar-refractivity contribution in [3.8, 4) is 17.2 Å². The van der Waals surface area contributed by atoms with Gasteiger partial charge >= 0.3 is 0 Å². The maximum absolute atomic E-state index is 13.8. The molecule has 12 heteroatoms. The second-order valence-electron chi connectivity index (χ2n) is 9.87. The Balaban J connectivity index is 1.44. The number of hydrogen-bond donors (Lipinski definition) is 0. The van der Waals surface area contributed by atoms with Crippen molar-refractivity contribution in [1.82, 2.24) is 9.21 Å². The van der Waals surface area contributed by atoms with Gasteiger partial charge in [0.05, 0.1) is 30.1 Å². The summed E-state index contributed by atoms with van der Waals surface area (Å²) in [4.78, 5) is 26.2. The van der Waals surface area contributed by atoms with Gasteiger partial charge in [0.25, 0.3) is 11.6 Å². The fourth-order valence-corrected chi connectivity index (χ4v) is 6.82. The van der Waals surface area contributed by atoms with Crippen LogP contribution in [0.2, 0.25) is 0 Å². The SMILES string of the molecule is COc1cc2c(cc1OC)C(COc1ccc([N+](=O)[O-])cc1)N(C(=O)c1ccc(S(=O)(=O)N3CCCC3)cc1)CC2. The molecule has 0 spiro atoms. The zero-order valence-corrected chi connectivity index (χ0v) is 23.6. The Morgan fingerprint density at radius 2 is 1.59 bits per heavy atom. The fourth-order valence-electron chi connectivity index (χ4n) is 5.30. The zero-order chi connectivity index (χ0) is 29.1. The Hall–Kier alpha value is -4.16. The summed E-state index contributed by atoms with van der Waals surface area (Å²) in [7, 11) is -0.499. The van der Waals surface area contributed by atoms with Crippen molar-refractivity contribution in [1.29, 1.82) is 0 Å².